The van der Waals surface area contributed by atoms with Crippen LogP contribution >= 0.6 is 0 Å². The van der Waals surface area contributed by atoms with Crippen LogP contribution in [0.15, 0.2) is 0 Å². The number of fused-ring (bicyclic) bond motifs is 5. The minimum atomic E-state index is 0.0540. The molecule has 28 heavy (non-hydrogen) atoms. The topological polar surface area (TPSA) is 46.6 Å². The van der Waals surface area contributed by atoms with E-state index in [0.29, 0.717) is 36.1 Å². The normalized spacial score (nSPS) is 48.5. The van der Waals surface area contributed by atoms with Crippen molar-refractivity contribution in [2.24, 2.45) is 35.0 Å². The molecule has 2 aliphatic carbocycles. The van der Waals surface area contributed by atoms with E-state index in [2.05, 4.69) is 39.5 Å². The summed E-state index contributed by atoms with van der Waals surface area (Å²) in [5, 5.41) is 0. The maximum atomic E-state index is 12.9. The average molecular weight is 390 g/mol. The Hall–Kier alpha value is -0.900. The first-order chi connectivity index (χ1) is 13.2. The third-order valence-electron chi connectivity index (χ3n) is 9.45. The monoisotopic (exact) mass is 389 g/mol. The summed E-state index contributed by atoms with van der Waals surface area (Å²) >= 11 is 0. The van der Waals surface area contributed by atoms with Crippen molar-refractivity contribution < 1.29 is 14.3 Å². The van der Waals surface area contributed by atoms with Gasteiger partial charge in [-0.15, -0.1) is 0 Å². The van der Waals surface area contributed by atoms with Crippen molar-refractivity contribution >= 4 is 11.8 Å². The number of hydrogen-bond donors (Lipinski definition) is 0. The van der Waals surface area contributed by atoms with Crippen LogP contribution in [-0.4, -0.2) is 41.4 Å². The zero-order valence-electron chi connectivity index (χ0n) is 18.5. The lowest BCUT2D eigenvalue weighted by molar-refractivity contribution is -0.164. The molecule has 0 spiro atoms. The van der Waals surface area contributed by atoms with E-state index in [-0.39, 0.29) is 28.9 Å². The van der Waals surface area contributed by atoms with E-state index in [1.54, 1.807) is 0 Å². The summed E-state index contributed by atoms with van der Waals surface area (Å²) in [6.07, 6.45) is 7.30. The number of carbonyl (C=O) groups is 2. The number of nitrogens with zero attached hydrogens (tertiary/aromatic N) is 1. The largest absolute Gasteiger partial charge is 0.465 e. The van der Waals surface area contributed by atoms with E-state index in [1.807, 2.05) is 0 Å². The number of carbonyl (C=O) groups excluding carboxylic acids is 2. The highest BCUT2D eigenvalue weighted by Gasteiger charge is 2.63. The van der Waals surface area contributed by atoms with E-state index in [1.165, 1.54) is 12.8 Å². The van der Waals surface area contributed by atoms with Crippen LogP contribution in [0.25, 0.3) is 0 Å². The zero-order valence-corrected chi connectivity index (χ0v) is 18.5. The molecule has 8 atom stereocenters. The predicted molar refractivity (Wildman–Crippen MR) is 110 cm³/mol. The molecule has 0 aromatic carbocycles. The van der Waals surface area contributed by atoms with Gasteiger partial charge in [0.2, 0.25) is 0 Å². The van der Waals surface area contributed by atoms with Gasteiger partial charge in [0.25, 0.3) is 0 Å². The summed E-state index contributed by atoms with van der Waals surface area (Å²) < 4.78 is 5.64. The van der Waals surface area contributed by atoms with Crippen molar-refractivity contribution in [2.45, 2.75) is 91.1 Å². The quantitative estimate of drug-likeness (QED) is 0.669. The predicted octanol–water partition coefficient (Wildman–Crippen LogP) is 4.46. The number of rotatable bonds is 3. The van der Waals surface area contributed by atoms with E-state index in [9.17, 15) is 9.59 Å². The van der Waals surface area contributed by atoms with Crippen LogP contribution in [-0.2, 0) is 14.3 Å². The van der Waals surface area contributed by atoms with E-state index in [4.69, 9.17) is 4.74 Å². The van der Waals surface area contributed by atoms with Gasteiger partial charge in [0, 0.05) is 12.0 Å². The van der Waals surface area contributed by atoms with Crippen LogP contribution in [0, 0.1) is 35.0 Å². The number of ether oxygens (including phenoxy) is 1. The Kier molecular flexibility index (Phi) is 5.17. The standard InChI is InChI=1S/C24H39NO3/c1-6-13-28-22(27)21-15(2)14-19-17-9-12-25-16(3)20(26)8-11-24(25,5)18(17)7-10-23(19,21)4/h15-19,21H,6-14H2,1-5H3/t15?,16?,17-,18-,19+,21?,23+,24-/m1/s1. The van der Waals surface area contributed by atoms with Gasteiger partial charge in [0.1, 0.15) is 5.78 Å². The Labute approximate surface area is 170 Å². The SMILES string of the molecule is CCCOC(=O)C1C(C)C[C@H]2[C@@H]3CCN4C(C)C(=O)CC[C@]4(C)[C@@H]3CC[C@]12C. The van der Waals surface area contributed by atoms with Gasteiger partial charge < -0.3 is 4.74 Å². The molecule has 3 unspecified atom stereocenters. The Morgan fingerprint density at radius 1 is 1.18 bits per heavy atom. The Bertz CT molecular complexity index is 648. The molecule has 0 radical (unpaired) electrons. The fraction of sp³-hybridized carbons (Fsp3) is 0.917. The van der Waals surface area contributed by atoms with Gasteiger partial charge in [-0.3, -0.25) is 14.5 Å². The molecule has 4 aliphatic rings. The summed E-state index contributed by atoms with van der Waals surface area (Å²) in [5.41, 5.74) is 0.238. The second kappa shape index (κ2) is 7.11. The minimum absolute atomic E-state index is 0.0540. The summed E-state index contributed by atoms with van der Waals surface area (Å²) in [5.74, 6) is 2.91. The number of Topliss-reactive ketones (excluding diaryl/α,β-unsaturated/α-hetero) is 1. The van der Waals surface area contributed by atoms with E-state index < -0.39 is 0 Å². The van der Waals surface area contributed by atoms with Crippen LogP contribution in [0.5, 0.6) is 0 Å². The molecule has 2 aliphatic heterocycles. The molecule has 0 bridgehead atoms. The lowest BCUT2D eigenvalue weighted by atomic mass is 9.51. The Balaban J connectivity index is 1.59. The molecule has 0 N–H and O–H groups in total. The van der Waals surface area contributed by atoms with Crippen LogP contribution in [0.4, 0.5) is 0 Å². The van der Waals surface area contributed by atoms with Crippen LogP contribution in [0.3, 0.4) is 0 Å². The summed E-state index contributed by atoms with van der Waals surface area (Å²) in [6.45, 7) is 12.9. The van der Waals surface area contributed by atoms with Crippen molar-refractivity contribution in [3.05, 3.63) is 0 Å². The summed E-state index contributed by atoms with van der Waals surface area (Å²) in [4.78, 5) is 27.8. The van der Waals surface area contributed by atoms with Crippen molar-refractivity contribution in [3.8, 4) is 0 Å². The van der Waals surface area contributed by atoms with Gasteiger partial charge in [-0.2, -0.15) is 0 Å². The fourth-order valence-electron chi connectivity index (χ4n) is 8.10. The first kappa shape index (κ1) is 20.4. The smallest absolute Gasteiger partial charge is 0.309 e. The van der Waals surface area contributed by atoms with Gasteiger partial charge in [0.05, 0.1) is 18.6 Å². The molecular weight excluding hydrogens is 350 g/mol. The Morgan fingerprint density at radius 3 is 2.64 bits per heavy atom. The third kappa shape index (κ3) is 2.80. The molecular formula is C24H39NO3. The molecule has 2 saturated heterocycles. The maximum absolute atomic E-state index is 12.9. The van der Waals surface area contributed by atoms with Crippen molar-refractivity contribution in [3.63, 3.8) is 0 Å². The molecule has 158 valence electrons. The zero-order chi connectivity index (χ0) is 20.3. The van der Waals surface area contributed by atoms with Gasteiger partial charge >= 0.3 is 5.97 Å². The molecule has 4 rings (SSSR count). The third-order valence-corrected chi connectivity index (χ3v) is 9.45. The van der Waals surface area contributed by atoms with Crippen LogP contribution in [0.1, 0.15) is 79.6 Å². The van der Waals surface area contributed by atoms with Crippen LogP contribution < -0.4 is 0 Å². The second-order valence-electron chi connectivity index (χ2n) is 10.8. The van der Waals surface area contributed by atoms with Crippen molar-refractivity contribution in [1.29, 1.82) is 0 Å². The van der Waals surface area contributed by atoms with Crippen molar-refractivity contribution in [1.82, 2.24) is 4.90 Å². The molecule has 4 nitrogen and oxygen atoms in total. The van der Waals surface area contributed by atoms with E-state index in [0.717, 1.165) is 38.6 Å². The minimum Gasteiger partial charge on any atom is -0.465 e. The lowest BCUT2D eigenvalue weighted by Crippen LogP contribution is -2.67. The van der Waals surface area contributed by atoms with Crippen LogP contribution in [0.2, 0.25) is 0 Å². The van der Waals surface area contributed by atoms with E-state index >= 15 is 0 Å². The first-order valence-corrected chi connectivity index (χ1v) is 11.7. The average Bonchev–Trinajstić information content (AvgIpc) is 2.93. The maximum Gasteiger partial charge on any atom is 0.309 e. The second-order valence-corrected chi connectivity index (χ2v) is 10.8. The first-order valence-electron chi connectivity index (χ1n) is 11.7. The molecule has 0 aromatic heterocycles. The fourth-order valence-corrected chi connectivity index (χ4v) is 8.10. The lowest BCUT2D eigenvalue weighted by Gasteiger charge is -2.62. The summed E-state index contributed by atoms with van der Waals surface area (Å²) in [6, 6.07) is 0.0762. The van der Waals surface area contributed by atoms with Crippen molar-refractivity contribution in [2.75, 3.05) is 13.2 Å². The molecule has 2 heterocycles. The molecule has 4 fully saturated rings. The molecule has 0 amide bonds. The molecule has 2 saturated carbocycles. The van der Waals surface area contributed by atoms with Gasteiger partial charge in [0.15, 0.2) is 0 Å². The molecule has 4 heteroatoms. The number of hydrogen-bond acceptors (Lipinski definition) is 4. The highest BCUT2D eigenvalue weighted by molar-refractivity contribution is 5.84. The highest BCUT2D eigenvalue weighted by Crippen LogP contribution is 2.65. The van der Waals surface area contributed by atoms with Gasteiger partial charge in [-0.25, -0.2) is 0 Å². The number of esters is 1. The number of ketones is 1. The van der Waals surface area contributed by atoms with Gasteiger partial charge in [-0.05, 0) is 88.0 Å². The Morgan fingerprint density at radius 2 is 1.93 bits per heavy atom. The van der Waals surface area contributed by atoms with Gasteiger partial charge in [-0.1, -0.05) is 20.8 Å². The molecule has 0 aromatic rings. The number of piperidine rings is 2. The summed E-state index contributed by atoms with van der Waals surface area (Å²) in [7, 11) is 0. The highest BCUT2D eigenvalue weighted by atomic mass is 16.5.